The minimum Gasteiger partial charge on any atom is -0.505 e. The van der Waals surface area contributed by atoms with Crippen molar-refractivity contribution in [3.05, 3.63) is 39.8 Å². The molecule has 8 nitrogen and oxygen atoms in total. The Hall–Kier alpha value is -2.90. The first kappa shape index (κ1) is 16.5. The van der Waals surface area contributed by atoms with Gasteiger partial charge in [0.25, 0.3) is 5.56 Å². The molecule has 0 amide bonds. The summed E-state index contributed by atoms with van der Waals surface area (Å²) in [6.45, 7) is 3.68. The third kappa shape index (κ3) is 3.85. The van der Waals surface area contributed by atoms with E-state index >= 15 is 0 Å². The molecule has 1 heterocycles. The first-order chi connectivity index (χ1) is 10.9. The van der Waals surface area contributed by atoms with Gasteiger partial charge in [-0.3, -0.25) is 19.4 Å². The molecule has 0 bridgehead atoms. The highest BCUT2D eigenvalue weighted by molar-refractivity contribution is 5.66. The first-order valence-electron chi connectivity index (χ1n) is 7.11. The lowest BCUT2D eigenvalue weighted by molar-refractivity contribution is -0.137. The second-order valence-corrected chi connectivity index (χ2v) is 5.18. The molecule has 0 aliphatic rings. The molecule has 0 radical (unpaired) electrons. The molecule has 0 unspecified atom stereocenters. The molecule has 0 aliphatic carbocycles. The van der Waals surface area contributed by atoms with Crippen LogP contribution >= 0.6 is 0 Å². The zero-order chi connectivity index (χ0) is 17.0. The largest absolute Gasteiger partial charge is 0.505 e. The molecule has 1 aromatic heterocycles. The number of carboxylic acid groups (broad SMARTS) is 1. The summed E-state index contributed by atoms with van der Waals surface area (Å²) in [6, 6.07) is 5.07. The third-order valence-corrected chi connectivity index (χ3v) is 3.35. The van der Waals surface area contributed by atoms with Crippen molar-refractivity contribution in [1.29, 1.82) is 0 Å². The number of nitrogens with zero attached hydrogens (tertiary/aromatic N) is 3. The van der Waals surface area contributed by atoms with Crippen LogP contribution in [0.15, 0.2) is 33.2 Å². The number of carbonyl (C=O) groups is 1. The van der Waals surface area contributed by atoms with Gasteiger partial charge in [0.1, 0.15) is 11.4 Å². The number of azo groups is 1. The smallest absolute Gasteiger partial charge is 0.303 e. The van der Waals surface area contributed by atoms with Crippen LogP contribution in [0.1, 0.15) is 24.1 Å². The molecule has 0 saturated carbocycles. The molecule has 23 heavy (non-hydrogen) atoms. The molecule has 8 heteroatoms. The average Bonchev–Trinajstić information content (AvgIpc) is 2.75. The maximum Gasteiger partial charge on any atom is 0.303 e. The minimum atomic E-state index is -0.906. The van der Waals surface area contributed by atoms with Crippen molar-refractivity contribution < 1.29 is 15.0 Å². The number of benzene rings is 1. The number of phenols is 1. The Kier molecular flexibility index (Phi) is 4.95. The number of aromatic amines is 1. The van der Waals surface area contributed by atoms with Gasteiger partial charge >= 0.3 is 5.97 Å². The standard InChI is InChI=1S/C15H18N4O4/c1-9-5-3-6-11(14(9)22)16-17-13-10(2)18-19(15(13)23)8-4-7-12(20)21/h3,5-6,18,22H,4,7-8H2,1-2H3,(H,20,21). The first-order valence-corrected chi connectivity index (χ1v) is 7.11. The number of aliphatic carboxylic acids is 1. The van der Waals surface area contributed by atoms with Gasteiger partial charge in [0, 0.05) is 13.0 Å². The Labute approximate surface area is 132 Å². The quantitative estimate of drug-likeness (QED) is 0.709. The number of rotatable bonds is 6. The Morgan fingerprint density at radius 1 is 1.30 bits per heavy atom. The molecule has 2 aromatic rings. The van der Waals surface area contributed by atoms with Crippen LogP contribution in [0.3, 0.4) is 0 Å². The van der Waals surface area contributed by atoms with Crippen molar-refractivity contribution in [2.75, 3.05) is 0 Å². The lowest BCUT2D eigenvalue weighted by atomic mass is 10.2. The van der Waals surface area contributed by atoms with E-state index in [0.717, 1.165) is 0 Å². The van der Waals surface area contributed by atoms with Crippen molar-refractivity contribution in [1.82, 2.24) is 9.78 Å². The van der Waals surface area contributed by atoms with Crippen LogP contribution in [0.4, 0.5) is 11.4 Å². The van der Waals surface area contributed by atoms with E-state index in [9.17, 15) is 14.7 Å². The van der Waals surface area contributed by atoms with Crippen molar-refractivity contribution in [3.63, 3.8) is 0 Å². The summed E-state index contributed by atoms with van der Waals surface area (Å²) in [7, 11) is 0. The number of hydrogen-bond acceptors (Lipinski definition) is 5. The predicted molar refractivity (Wildman–Crippen MR) is 83.7 cm³/mol. The second-order valence-electron chi connectivity index (χ2n) is 5.18. The minimum absolute atomic E-state index is 0.0154. The predicted octanol–water partition coefficient (Wildman–Crippen LogP) is 2.78. The van der Waals surface area contributed by atoms with Crippen LogP contribution in [0.25, 0.3) is 0 Å². The molecule has 0 saturated heterocycles. The molecule has 2 rings (SSSR count). The van der Waals surface area contributed by atoms with E-state index in [4.69, 9.17) is 5.11 Å². The number of para-hydroxylation sites is 1. The van der Waals surface area contributed by atoms with Crippen LogP contribution in [0, 0.1) is 13.8 Å². The van der Waals surface area contributed by atoms with Crippen molar-refractivity contribution in [2.24, 2.45) is 10.2 Å². The van der Waals surface area contributed by atoms with Crippen LogP contribution in [0.5, 0.6) is 5.75 Å². The number of phenolic OH excluding ortho intramolecular Hbond substituents is 1. The van der Waals surface area contributed by atoms with Gasteiger partial charge in [-0.25, -0.2) is 0 Å². The van der Waals surface area contributed by atoms with Gasteiger partial charge in [0.05, 0.1) is 5.69 Å². The molecular formula is C15H18N4O4. The Morgan fingerprint density at radius 3 is 2.74 bits per heavy atom. The number of hydrogen-bond donors (Lipinski definition) is 3. The van der Waals surface area contributed by atoms with E-state index in [-0.39, 0.29) is 35.6 Å². The summed E-state index contributed by atoms with van der Waals surface area (Å²) in [5.41, 5.74) is 1.24. The highest BCUT2D eigenvalue weighted by Gasteiger charge is 2.11. The van der Waals surface area contributed by atoms with Gasteiger partial charge in [-0.05, 0) is 31.9 Å². The molecule has 0 aliphatic heterocycles. The van der Waals surface area contributed by atoms with E-state index in [1.807, 2.05) is 0 Å². The van der Waals surface area contributed by atoms with E-state index in [2.05, 4.69) is 15.3 Å². The topological polar surface area (TPSA) is 120 Å². The molecule has 3 N–H and O–H groups in total. The summed E-state index contributed by atoms with van der Waals surface area (Å²) in [4.78, 5) is 22.7. The van der Waals surface area contributed by atoms with Crippen LogP contribution in [-0.4, -0.2) is 26.0 Å². The lowest BCUT2D eigenvalue weighted by Gasteiger charge is -2.00. The maximum atomic E-state index is 12.2. The molecule has 122 valence electrons. The third-order valence-electron chi connectivity index (χ3n) is 3.35. The fourth-order valence-corrected chi connectivity index (χ4v) is 2.09. The Bertz CT molecular complexity index is 804. The average molecular weight is 318 g/mol. The van der Waals surface area contributed by atoms with Crippen LogP contribution in [-0.2, 0) is 11.3 Å². The Morgan fingerprint density at radius 2 is 2.04 bits per heavy atom. The van der Waals surface area contributed by atoms with E-state index in [0.29, 0.717) is 17.7 Å². The van der Waals surface area contributed by atoms with Gasteiger partial charge < -0.3 is 10.2 Å². The summed E-state index contributed by atoms with van der Waals surface area (Å²) in [5, 5.41) is 29.2. The normalized spacial score (nSPS) is 11.2. The van der Waals surface area contributed by atoms with E-state index < -0.39 is 5.97 Å². The number of H-pyrrole nitrogens is 1. The second kappa shape index (κ2) is 6.91. The zero-order valence-electron chi connectivity index (χ0n) is 12.9. The summed E-state index contributed by atoms with van der Waals surface area (Å²) >= 11 is 0. The van der Waals surface area contributed by atoms with Gasteiger partial charge in [-0.2, -0.15) is 0 Å². The number of aryl methyl sites for hydroxylation is 3. The zero-order valence-corrected chi connectivity index (χ0v) is 12.9. The number of nitrogens with one attached hydrogen (secondary N) is 1. The van der Waals surface area contributed by atoms with E-state index in [1.165, 1.54) is 4.68 Å². The van der Waals surface area contributed by atoms with Gasteiger partial charge in [-0.15, -0.1) is 10.2 Å². The highest BCUT2D eigenvalue weighted by Crippen LogP contribution is 2.30. The monoisotopic (exact) mass is 318 g/mol. The molecule has 1 aromatic carbocycles. The fraction of sp³-hybridized carbons (Fsp3) is 0.333. The summed E-state index contributed by atoms with van der Waals surface area (Å²) in [5.74, 6) is -0.887. The number of carboxylic acids is 1. The van der Waals surface area contributed by atoms with E-state index in [1.54, 1.807) is 32.0 Å². The van der Waals surface area contributed by atoms with Crippen LogP contribution < -0.4 is 5.56 Å². The maximum absolute atomic E-state index is 12.2. The fourth-order valence-electron chi connectivity index (χ4n) is 2.09. The lowest BCUT2D eigenvalue weighted by Crippen LogP contribution is -2.17. The van der Waals surface area contributed by atoms with Gasteiger partial charge in [0.2, 0.25) is 0 Å². The van der Waals surface area contributed by atoms with Crippen LogP contribution in [0.2, 0.25) is 0 Å². The molecule has 0 fully saturated rings. The highest BCUT2D eigenvalue weighted by atomic mass is 16.4. The van der Waals surface area contributed by atoms with Gasteiger partial charge in [-0.1, -0.05) is 12.1 Å². The molecule has 0 atom stereocenters. The van der Waals surface area contributed by atoms with Crippen molar-refractivity contribution in [3.8, 4) is 5.75 Å². The van der Waals surface area contributed by atoms with Gasteiger partial charge in [0.15, 0.2) is 5.69 Å². The molecular weight excluding hydrogens is 300 g/mol. The summed E-state index contributed by atoms with van der Waals surface area (Å²) < 4.78 is 1.31. The van der Waals surface area contributed by atoms with Crippen molar-refractivity contribution >= 4 is 17.3 Å². The number of aromatic hydroxyl groups is 1. The summed E-state index contributed by atoms with van der Waals surface area (Å²) in [6.07, 6.45) is 0.322. The van der Waals surface area contributed by atoms with Crippen molar-refractivity contribution in [2.45, 2.75) is 33.2 Å². The SMILES string of the molecule is Cc1cccc(N=Nc2c(C)[nH]n(CCCC(=O)O)c2=O)c1O. The number of aromatic nitrogens is 2. The Balaban J connectivity index is 2.22. The molecule has 0 spiro atoms.